The number of carbonyl (C=O) groups excluding carboxylic acids is 1. The molecule has 0 radical (unpaired) electrons. The van der Waals surface area contributed by atoms with Crippen LogP contribution in [0.25, 0.3) is 11.1 Å². The van der Waals surface area contributed by atoms with Crippen molar-refractivity contribution in [3.63, 3.8) is 0 Å². The molecule has 0 fully saturated rings. The highest BCUT2D eigenvalue weighted by Gasteiger charge is 2.12. The van der Waals surface area contributed by atoms with Crippen molar-refractivity contribution in [2.75, 3.05) is 13.7 Å². The number of unbranched alkanes of at least 4 members (excludes halogenated alkanes) is 1. The Kier molecular flexibility index (Phi) is 6.51. The van der Waals surface area contributed by atoms with Gasteiger partial charge in [-0.2, -0.15) is 0 Å². The smallest absolute Gasteiger partial charge is 0.303 e. The first-order valence-corrected chi connectivity index (χ1v) is 7.95. The number of carboxylic acid groups (broad SMARTS) is 1. The molecular weight excluding hydrogens is 325 g/mol. The maximum absolute atomic E-state index is 14.2. The molecule has 2 rings (SSSR count). The van der Waals surface area contributed by atoms with Crippen LogP contribution in [0.3, 0.4) is 0 Å². The lowest BCUT2D eigenvalue weighted by Crippen LogP contribution is -2.25. The fourth-order valence-electron chi connectivity index (χ4n) is 2.36. The van der Waals surface area contributed by atoms with Crippen LogP contribution >= 0.6 is 0 Å². The van der Waals surface area contributed by atoms with Crippen LogP contribution in [0.4, 0.5) is 4.39 Å². The maximum Gasteiger partial charge on any atom is 0.303 e. The van der Waals surface area contributed by atoms with Gasteiger partial charge in [0.2, 0.25) is 0 Å². The fraction of sp³-hybridized carbons (Fsp3) is 0.263. The lowest BCUT2D eigenvalue weighted by molar-refractivity contribution is -0.137. The van der Waals surface area contributed by atoms with Crippen LogP contribution in [0.2, 0.25) is 0 Å². The minimum absolute atomic E-state index is 0.0319. The Morgan fingerprint density at radius 3 is 2.36 bits per heavy atom. The topological polar surface area (TPSA) is 75.6 Å². The highest BCUT2D eigenvalue weighted by molar-refractivity contribution is 5.95. The van der Waals surface area contributed by atoms with E-state index in [0.29, 0.717) is 30.7 Å². The number of nitrogens with one attached hydrogen (secondary N) is 1. The van der Waals surface area contributed by atoms with Gasteiger partial charge in [0.15, 0.2) is 0 Å². The zero-order valence-corrected chi connectivity index (χ0v) is 13.9. The quantitative estimate of drug-likeness (QED) is 0.718. The molecule has 0 aliphatic rings. The van der Waals surface area contributed by atoms with E-state index in [9.17, 15) is 14.0 Å². The van der Waals surface area contributed by atoms with Crippen molar-refractivity contribution < 1.29 is 23.8 Å². The third kappa shape index (κ3) is 5.31. The first-order valence-electron chi connectivity index (χ1n) is 7.95. The second kappa shape index (κ2) is 8.82. The molecule has 0 aliphatic heterocycles. The average molecular weight is 345 g/mol. The van der Waals surface area contributed by atoms with Crippen molar-refractivity contribution in [3.8, 4) is 16.9 Å². The third-order valence-electron chi connectivity index (χ3n) is 3.74. The molecule has 2 N–H and O–H groups in total. The van der Waals surface area contributed by atoms with Crippen LogP contribution in [0.5, 0.6) is 5.75 Å². The van der Waals surface area contributed by atoms with E-state index in [2.05, 4.69) is 5.32 Å². The molecule has 0 saturated carbocycles. The molecule has 0 heterocycles. The normalized spacial score (nSPS) is 10.3. The number of carbonyl (C=O) groups is 2. The zero-order valence-electron chi connectivity index (χ0n) is 13.9. The maximum atomic E-state index is 14.2. The Morgan fingerprint density at radius 1 is 1.08 bits per heavy atom. The van der Waals surface area contributed by atoms with Crippen molar-refractivity contribution >= 4 is 11.9 Å². The lowest BCUT2D eigenvalue weighted by atomic mass is 10.0. The molecule has 1 amide bonds. The largest absolute Gasteiger partial charge is 0.497 e. The van der Waals surface area contributed by atoms with E-state index in [1.165, 1.54) is 12.1 Å². The van der Waals surface area contributed by atoms with Crippen LogP contribution in [-0.2, 0) is 4.79 Å². The average Bonchev–Trinajstić information content (AvgIpc) is 2.61. The molecule has 0 saturated heterocycles. The van der Waals surface area contributed by atoms with Crippen molar-refractivity contribution in [1.82, 2.24) is 5.32 Å². The van der Waals surface area contributed by atoms with Gasteiger partial charge in [0.1, 0.15) is 11.6 Å². The summed E-state index contributed by atoms with van der Waals surface area (Å²) < 4.78 is 19.3. The van der Waals surface area contributed by atoms with Gasteiger partial charge in [0.05, 0.1) is 12.7 Å². The Balaban J connectivity index is 1.98. The Bertz CT molecular complexity index is 744. The van der Waals surface area contributed by atoms with E-state index < -0.39 is 17.7 Å². The van der Waals surface area contributed by atoms with E-state index in [0.717, 1.165) is 5.56 Å². The van der Waals surface area contributed by atoms with E-state index >= 15 is 0 Å². The molecule has 6 heteroatoms. The highest BCUT2D eigenvalue weighted by atomic mass is 19.1. The Hall–Kier alpha value is -2.89. The van der Waals surface area contributed by atoms with Crippen LogP contribution in [0, 0.1) is 5.82 Å². The van der Waals surface area contributed by atoms with Gasteiger partial charge < -0.3 is 15.2 Å². The van der Waals surface area contributed by atoms with Gasteiger partial charge in [-0.3, -0.25) is 9.59 Å². The number of halogens is 1. The van der Waals surface area contributed by atoms with Gasteiger partial charge in [-0.05, 0) is 48.2 Å². The van der Waals surface area contributed by atoms with Gasteiger partial charge in [-0.1, -0.05) is 18.2 Å². The van der Waals surface area contributed by atoms with Gasteiger partial charge in [0.25, 0.3) is 5.91 Å². The number of hydrogen-bond donors (Lipinski definition) is 2. The van der Waals surface area contributed by atoms with Crippen LogP contribution in [-0.4, -0.2) is 30.6 Å². The Morgan fingerprint density at radius 2 is 1.76 bits per heavy atom. The molecule has 0 spiro atoms. The van der Waals surface area contributed by atoms with Gasteiger partial charge in [-0.15, -0.1) is 0 Å². The summed E-state index contributed by atoms with van der Waals surface area (Å²) in [4.78, 5) is 22.4. The number of rotatable bonds is 8. The van der Waals surface area contributed by atoms with Crippen LogP contribution in [0.1, 0.15) is 29.6 Å². The van der Waals surface area contributed by atoms with E-state index in [-0.39, 0.29) is 12.0 Å². The summed E-state index contributed by atoms with van der Waals surface area (Å²) in [5.74, 6) is -1.26. The molecule has 25 heavy (non-hydrogen) atoms. The molecule has 2 aromatic carbocycles. The third-order valence-corrected chi connectivity index (χ3v) is 3.74. The number of ether oxygens (including phenoxy) is 1. The summed E-state index contributed by atoms with van der Waals surface area (Å²) in [5, 5.41) is 11.1. The predicted octanol–water partition coefficient (Wildman–Crippen LogP) is 3.49. The molecule has 0 bridgehead atoms. The van der Waals surface area contributed by atoms with Crippen molar-refractivity contribution in [1.29, 1.82) is 0 Å². The number of aliphatic carboxylic acids is 1. The van der Waals surface area contributed by atoms with Crippen molar-refractivity contribution in [2.45, 2.75) is 19.3 Å². The first kappa shape index (κ1) is 18.4. The van der Waals surface area contributed by atoms with E-state index in [1.54, 1.807) is 25.3 Å². The molecule has 0 unspecified atom stereocenters. The van der Waals surface area contributed by atoms with Gasteiger partial charge >= 0.3 is 5.97 Å². The van der Waals surface area contributed by atoms with Gasteiger partial charge in [-0.25, -0.2) is 4.39 Å². The summed E-state index contributed by atoms with van der Waals surface area (Å²) in [5.41, 5.74) is 1.45. The summed E-state index contributed by atoms with van der Waals surface area (Å²) in [7, 11) is 1.57. The monoisotopic (exact) mass is 345 g/mol. The lowest BCUT2D eigenvalue weighted by Gasteiger charge is -2.08. The second-order valence-electron chi connectivity index (χ2n) is 5.53. The van der Waals surface area contributed by atoms with Crippen LogP contribution < -0.4 is 10.1 Å². The molecule has 0 aromatic heterocycles. The van der Waals surface area contributed by atoms with Crippen molar-refractivity contribution in [2.24, 2.45) is 0 Å². The SMILES string of the molecule is COc1ccc(-c2ccc(C(=O)NCCCCC(=O)O)c(F)c2)cc1. The predicted molar refractivity (Wildman–Crippen MR) is 92.2 cm³/mol. The van der Waals surface area contributed by atoms with E-state index in [1.807, 2.05) is 12.1 Å². The summed E-state index contributed by atoms with van der Waals surface area (Å²) in [6, 6.07) is 11.6. The minimum atomic E-state index is -0.869. The number of carboxylic acids is 1. The standard InChI is InChI=1S/C19H20FNO4/c1-25-15-8-5-13(6-9-15)14-7-10-16(17(20)12-14)19(24)21-11-3-2-4-18(22)23/h5-10,12H,2-4,11H2,1H3,(H,21,24)(H,22,23). The second-order valence-corrected chi connectivity index (χ2v) is 5.53. The summed E-state index contributed by atoms with van der Waals surface area (Å²) in [6.45, 7) is 0.311. The van der Waals surface area contributed by atoms with Gasteiger partial charge in [0, 0.05) is 13.0 Å². The fourth-order valence-corrected chi connectivity index (χ4v) is 2.36. The summed E-state index contributed by atoms with van der Waals surface area (Å²) in [6.07, 6.45) is 1.05. The summed E-state index contributed by atoms with van der Waals surface area (Å²) >= 11 is 0. The Labute approximate surface area is 145 Å². The van der Waals surface area contributed by atoms with E-state index in [4.69, 9.17) is 9.84 Å². The molecule has 5 nitrogen and oxygen atoms in total. The molecule has 2 aromatic rings. The zero-order chi connectivity index (χ0) is 18.2. The molecule has 0 aliphatic carbocycles. The molecule has 0 atom stereocenters. The molecule has 132 valence electrons. The highest BCUT2D eigenvalue weighted by Crippen LogP contribution is 2.24. The number of benzene rings is 2. The van der Waals surface area contributed by atoms with Crippen molar-refractivity contribution in [3.05, 3.63) is 53.8 Å². The minimum Gasteiger partial charge on any atom is -0.497 e. The first-order chi connectivity index (χ1) is 12.0. The molecular formula is C19H20FNO4. The number of hydrogen-bond acceptors (Lipinski definition) is 3. The van der Waals surface area contributed by atoms with Crippen LogP contribution in [0.15, 0.2) is 42.5 Å². The number of amides is 1. The number of methoxy groups -OCH3 is 1.